The first-order valence-corrected chi connectivity index (χ1v) is 5.67. The Hall–Kier alpha value is -0.680. The molecular formula is C9H17N3OS. The van der Waals surface area contributed by atoms with Gasteiger partial charge in [0, 0.05) is 24.5 Å². The van der Waals surface area contributed by atoms with E-state index in [9.17, 15) is 0 Å². The molecule has 0 aliphatic carbocycles. The summed E-state index contributed by atoms with van der Waals surface area (Å²) in [6.07, 6.45) is 2.14. The SMILES string of the molecule is CCCc1nsc(OC(C)CNC)n1. The van der Waals surface area contributed by atoms with Gasteiger partial charge in [0.15, 0.2) is 0 Å². The van der Waals surface area contributed by atoms with Crippen molar-refractivity contribution in [3.63, 3.8) is 0 Å². The first kappa shape index (κ1) is 11.4. The first-order chi connectivity index (χ1) is 6.76. The van der Waals surface area contributed by atoms with Gasteiger partial charge in [0.25, 0.3) is 5.19 Å². The van der Waals surface area contributed by atoms with Gasteiger partial charge in [0.05, 0.1) is 0 Å². The summed E-state index contributed by atoms with van der Waals surface area (Å²) in [6, 6.07) is 0. The third-order valence-corrected chi connectivity index (χ3v) is 2.36. The summed E-state index contributed by atoms with van der Waals surface area (Å²) >= 11 is 1.33. The number of hydrogen-bond donors (Lipinski definition) is 1. The standard InChI is InChI=1S/C9H17N3OS/c1-4-5-8-11-9(14-12-8)13-7(2)6-10-3/h7,10H,4-6H2,1-3H3. The fourth-order valence-corrected chi connectivity index (χ4v) is 1.78. The van der Waals surface area contributed by atoms with E-state index in [4.69, 9.17) is 4.74 Å². The van der Waals surface area contributed by atoms with Crippen LogP contribution in [0.25, 0.3) is 0 Å². The maximum atomic E-state index is 5.56. The molecule has 0 amide bonds. The number of hydrogen-bond acceptors (Lipinski definition) is 5. The van der Waals surface area contributed by atoms with Gasteiger partial charge < -0.3 is 10.1 Å². The fraction of sp³-hybridized carbons (Fsp3) is 0.778. The summed E-state index contributed by atoms with van der Waals surface area (Å²) in [5.41, 5.74) is 0. The lowest BCUT2D eigenvalue weighted by atomic mass is 10.3. The normalized spacial score (nSPS) is 12.8. The monoisotopic (exact) mass is 215 g/mol. The van der Waals surface area contributed by atoms with Gasteiger partial charge in [-0.05, 0) is 20.4 Å². The van der Waals surface area contributed by atoms with Crippen LogP contribution < -0.4 is 10.1 Å². The number of likely N-dealkylation sites (N-methyl/N-ethyl adjacent to an activating group) is 1. The summed E-state index contributed by atoms with van der Waals surface area (Å²) in [5, 5.41) is 3.73. The molecule has 0 aliphatic heterocycles. The molecule has 1 unspecified atom stereocenters. The van der Waals surface area contributed by atoms with E-state index in [0.717, 1.165) is 25.2 Å². The van der Waals surface area contributed by atoms with Crippen molar-refractivity contribution in [2.24, 2.45) is 0 Å². The molecule has 0 bridgehead atoms. The molecule has 1 aromatic heterocycles. The van der Waals surface area contributed by atoms with Crippen LogP contribution in [0.3, 0.4) is 0 Å². The molecule has 1 atom stereocenters. The smallest absolute Gasteiger partial charge is 0.293 e. The molecule has 0 aliphatic rings. The number of aromatic nitrogens is 2. The Bertz CT molecular complexity index is 264. The number of ether oxygens (including phenoxy) is 1. The van der Waals surface area contributed by atoms with E-state index in [2.05, 4.69) is 21.6 Å². The van der Waals surface area contributed by atoms with Gasteiger partial charge in [-0.25, -0.2) is 0 Å². The van der Waals surface area contributed by atoms with Gasteiger partial charge in [-0.1, -0.05) is 6.92 Å². The Balaban J connectivity index is 2.42. The van der Waals surface area contributed by atoms with Crippen LogP contribution in [-0.4, -0.2) is 29.1 Å². The van der Waals surface area contributed by atoms with Gasteiger partial charge in [0.2, 0.25) is 0 Å². The molecule has 0 saturated carbocycles. The lowest BCUT2D eigenvalue weighted by Gasteiger charge is -2.09. The topological polar surface area (TPSA) is 47.0 Å². The van der Waals surface area contributed by atoms with Crippen molar-refractivity contribution in [2.75, 3.05) is 13.6 Å². The second-order valence-electron chi connectivity index (χ2n) is 3.21. The van der Waals surface area contributed by atoms with Crippen LogP contribution in [0.15, 0.2) is 0 Å². The summed E-state index contributed by atoms with van der Waals surface area (Å²) < 4.78 is 9.77. The Morgan fingerprint density at radius 2 is 2.36 bits per heavy atom. The number of aryl methyl sites for hydroxylation is 1. The number of rotatable bonds is 6. The minimum Gasteiger partial charge on any atom is -0.465 e. The third kappa shape index (κ3) is 3.59. The quantitative estimate of drug-likeness (QED) is 0.780. The van der Waals surface area contributed by atoms with Crippen molar-refractivity contribution in [1.82, 2.24) is 14.7 Å². The summed E-state index contributed by atoms with van der Waals surface area (Å²) in [5.74, 6) is 0.893. The van der Waals surface area contributed by atoms with Crippen molar-refractivity contribution in [1.29, 1.82) is 0 Å². The molecule has 5 heteroatoms. The number of nitrogens with one attached hydrogen (secondary N) is 1. The molecule has 1 heterocycles. The molecule has 0 spiro atoms. The second-order valence-corrected chi connectivity index (χ2v) is 3.93. The molecular weight excluding hydrogens is 198 g/mol. The lowest BCUT2D eigenvalue weighted by Crippen LogP contribution is -2.25. The minimum atomic E-state index is 0.141. The average molecular weight is 215 g/mol. The molecule has 14 heavy (non-hydrogen) atoms. The number of nitrogens with zero attached hydrogens (tertiary/aromatic N) is 2. The molecule has 0 saturated heterocycles. The third-order valence-electron chi connectivity index (χ3n) is 1.72. The Morgan fingerprint density at radius 3 is 3.00 bits per heavy atom. The van der Waals surface area contributed by atoms with E-state index >= 15 is 0 Å². The predicted octanol–water partition coefficient (Wildman–Crippen LogP) is 1.48. The highest BCUT2D eigenvalue weighted by Gasteiger charge is 2.07. The van der Waals surface area contributed by atoms with Crippen LogP contribution in [-0.2, 0) is 6.42 Å². The average Bonchev–Trinajstić information content (AvgIpc) is 2.53. The van der Waals surface area contributed by atoms with Crippen LogP contribution in [0.2, 0.25) is 0 Å². The van der Waals surface area contributed by atoms with Crippen molar-refractivity contribution in [2.45, 2.75) is 32.8 Å². The van der Waals surface area contributed by atoms with Gasteiger partial charge in [-0.3, -0.25) is 0 Å². The van der Waals surface area contributed by atoms with Crippen molar-refractivity contribution in [3.8, 4) is 5.19 Å². The maximum Gasteiger partial charge on any atom is 0.293 e. The Labute approximate surface area is 88.9 Å². The first-order valence-electron chi connectivity index (χ1n) is 4.90. The summed E-state index contributed by atoms with van der Waals surface area (Å²) in [6.45, 7) is 4.95. The largest absolute Gasteiger partial charge is 0.465 e. The van der Waals surface area contributed by atoms with E-state index in [1.807, 2.05) is 14.0 Å². The van der Waals surface area contributed by atoms with Crippen LogP contribution in [0, 0.1) is 0 Å². The molecule has 1 aromatic rings. The van der Waals surface area contributed by atoms with Crippen LogP contribution in [0.1, 0.15) is 26.1 Å². The molecule has 0 radical (unpaired) electrons. The molecule has 0 fully saturated rings. The minimum absolute atomic E-state index is 0.141. The highest BCUT2D eigenvalue weighted by Crippen LogP contribution is 2.16. The van der Waals surface area contributed by atoms with Gasteiger partial charge in [-0.2, -0.15) is 9.36 Å². The van der Waals surface area contributed by atoms with Gasteiger partial charge in [-0.15, -0.1) is 0 Å². The molecule has 80 valence electrons. The van der Waals surface area contributed by atoms with E-state index in [0.29, 0.717) is 5.19 Å². The second kappa shape index (κ2) is 5.93. The van der Waals surface area contributed by atoms with Gasteiger partial charge in [0.1, 0.15) is 11.9 Å². The summed E-state index contributed by atoms with van der Waals surface area (Å²) in [4.78, 5) is 4.28. The lowest BCUT2D eigenvalue weighted by molar-refractivity contribution is 0.219. The van der Waals surface area contributed by atoms with Crippen LogP contribution in [0.5, 0.6) is 5.19 Å². The summed E-state index contributed by atoms with van der Waals surface area (Å²) in [7, 11) is 1.91. The highest BCUT2D eigenvalue weighted by molar-refractivity contribution is 7.07. The van der Waals surface area contributed by atoms with E-state index < -0.39 is 0 Å². The van der Waals surface area contributed by atoms with Crippen molar-refractivity contribution >= 4 is 11.5 Å². The van der Waals surface area contributed by atoms with E-state index in [-0.39, 0.29) is 6.10 Å². The van der Waals surface area contributed by atoms with E-state index in [1.165, 1.54) is 11.5 Å². The van der Waals surface area contributed by atoms with Gasteiger partial charge >= 0.3 is 0 Å². The van der Waals surface area contributed by atoms with Crippen molar-refractivity contribution < 1.29 is 4.74 Å². The highest BCUT2D eigenvalue weighted by atomic mass is 32.1. The zero-order valence-electron chi connectivity index (χ0n) is 8.91. The molecule has 1 N–H and O–H groups in total. The molecule has 0 aromatic carbocycles. The Morgan fingerprint density at radius 1 is 1.57 bits per heavy atom. The zero-order valence-corrected chi connectivity index (χ0v) is 9.73. The fourth-order valence-electron chi connectivity index (χ4n) is 1.11. The van der Waals surface area contributed by atoms with Crippen molar-refractivity contribution in [3.05, 3.63) is 5.82 Å². The molecule has 4 nitrogen and oxygen atoms in total. The van der Waals surface area contributed by atoms with Crippen LogP contribution >= 0.6 is 11.5 Å². The molecule has 1 rings (SSSR count). The van der Waals surface area contributed by atoms with E-state index in [1.54, 1.807) is 0 Å². The maximum absolute atomic E-state index is 5.56. The predicted molar refractivity (Wildman–Crippen MR) is 57.9 cm³/mol. The zero-order chi connectivity index (χ0) is 10.4. The van der Waals surface area contributed by atoms with Crippen LogP contribution in [0.4, 0.5) is 0 Å². The Kier molecular flexibility index (Phi) is 4.82.